The number of halogens is 1. The molecule has 2 rings (SSSR count). The maximum atomic E-state index is 11.1. The lowest BCUT2D eigenvalue weighted by molar-refractivity contribution is -0.385. The van der Waals surface area contributed by atoms with Crippen molar-refractivity contribution in [3.63, 3.8) is 0 Å². The summed E-state index contributed by atoms with van der Waals surface area (Å²) < 4.78 is 5.19. The molecule has 100 valence electrons. The zero-order valence-electron chi connectivity index (χ0n) is 10.0. The van der Waals surface area contributed by atoms with Crippen LogP contribution in [0.5, 0.6) is 0 Å². The monoisotopic (exact) mass is 283 g/mol. The lowest BCUT2D eigenvalue weighted by atomic mass is 10.2. The van der Waals surface area contributed by atoms with E-state index in [9.17, 15) is 10.1 Å². The van der Waals surface area contributed by atoms with Crippen LogP contribution in [0.3, 0.4) is 0 Å². The first-order chi connectivity index (χ1) is 9.02. The highest BCUT2D eigenvalue weighted by Gasteiger charge is 2.30. The van der Waals surface area contributed by atoms with Gasteiger partial charge in [-0.3, -0.25) is 10.1 Å². The Kier molecular flexibility index (Phi) is 3.78. The van der Waals surface area contributed by atoms with Crippen LogP contribution in [0.4, 0.5) is 11.5 Å². The molecule has 1 fully saturated rings. The van der Waals surface area contributed by atoms with Gasteiger partial charge in [-0.2, -0.15) is 10.2 Å². The minimum Gasteiger partial charge on any atom is -0.360 e. The van der Waals surface area contributed by atoms with Crippen molar-refractivity contribution in [3.05, 3.63) is 21.1 Å². The van der Waals surface area contributed by atoms with Gasteiger partial charge >= 0.3 is 5.69 Å². The van der Waals surface area contributed by atoms with Crippen molar-refractivity contribution in [2.45, 2.75) is 13.0 Å². The van der Waals surface area contributed by atoms with Gasteiger partial charge in [-0.15, -0.1) is 0 Å². The molecule has 0 saturated carbocycles. The molecule has 0 spiro atoms. The number of nitro groups is 1. The second-order valence-corrected chi connectivity index (χ2v) is 4.28. The van der Waals surface area contributed by atoms with E-state index in [-0.39, 0.29) is 29.0 Å². The third-order valence-corrected chi connectivity index (χ3v) is 2.87. The number of aryl methyl sites for hydroxylation is 1. The highest BCUT2D eigenvalue weighted by atomic mass is 35.5. The van der Waals surface area contributed by atoms with Crippen LogP contribution in [0.25, 0.3) is 0 Å². The number of hydrogen-bond donors (Lipinski definition) is 0. The van der Waals surface area contributed by atoms with E-state index in [0.29, 0.717) is 13.2 Å². The van der Waals surface area contributed by atoms with Crippen LogP contribution in [-0.2, 0) is 4.74 Å². The molecule has 1 aliphatic heterocycles. The molecule has 1 aliphatic rings. The van der Waals surface area contributed by atoms with Gasteiger partial charge in [0.2, 0.25) is 11.1 Å². The highest BCUT2D eigenvalue weighted by molar-refractivity contribution is 6.28. The van der Waals surface area contributed by atoms with Crippen LogP contribution in [-0.4, -0.2) is 40.7 Å². The van der Waals surface area contributed by atoms with Gasteiger partial charge in [0, 0.05) is 6.54 Å². The van der Waals surface area contributed by atoms with Crippen molar-refractivity contribution in [3.8, 4) is 6.07 Å². The zero-order valence-corrected chi connectivity index (χ0v) is 10.8. The maximum Gasteiger partial charge on any atom is 0.332 e. The molecule has 1 saturated heterocycles. The summed E-state index contributed by atoms with van der Waals surface area (Å²) in [5.41, 5.74) is 0.00277. The van der Waals surface area contributed by atoms with E-state index < -0.39 is 11.0 Å². The number of nitriles is 1. The summed E-state index contributed by atoms with van der Waals surface area (Å²) >= 11 is 5.75. The van der Waals surface area contributed by atoms with E-state index >= 15 is 0 Å². The highest BCUT2D eigenvalue weighted by Crippen LogP contribution is 2.30. The Morgan fingerprint density at radius 1 is 1.63 bits per heavy atom. The largest absolute Gasteiger partial charge is 0.360 e. The zero-order chi connectivity index (χ0) is 14.0. The molecule has 0 aromatic carbocycles. The Morgan fingerprint density at radius 3 is 3.00 bits per heavy atom. The van der Waals surface area contributed by atoms with Gasteiger partial charge in [-0.25, -0.2) is 4.98 Å². The van der Waals surface area contributed by atoms with Crippen LogP contribution in [0, 0.1) is 28.4 Å². The van der Waals surface area contributed by atoms with Gasteiger partial charge in [-0.05, 0) is 18.5 Å². The molecule has 1 atom stereocenters. The van der Waals surface area contributed by atoms with Crippen molar-refractivity contribution in [2.75, 3.05) is 24.6 Å². The molecule has 0 radical (unpaired) electrons. The van der Waals surface area contributed by atoms with Crippen molar-refractivity contribution in [1.29, 1.82) is 5.26 Å². The summed E-state index contributed by atoms with van der Waals surface area (Å²) in [6, 6.07) is 1.97. The van der Waals surface area contributed by atoms with Gasteiger partial charge in [0.25, 0.3) is 0 Å². The van der Waals surface area contributed by atoms with E-state index in [1.54, 1.807) is 4.90 Å². The van der Waals surface area contributed by atoms with Crippen molar-refractivity contribution >= 4 is 23.1 Å². The van der Waals surface area contributed by atoms with E-state index in [1.165, 1.54) is 6.92 Å². The van der Waals surface area contributed by atoms with E-state index in [0.717, 1.165) is 0 Å². The molecule has 0 aliphatic carbocycles. The van der Waals surface area contributed by atoms with Gasteiger partial charge in [0.1, 0.15) is 5.69 Å². The number of morpholine rings is 1. The second kappa shape index (κ2) is 5.34. The third-order valence-electron chi connectivity index (χ3n) is 2.71. The van der Waals surface area contributed by atoms with E-state index in [1.807, 2.05) is 6.07 Å². The van der Waals surface area contributed by atoms with Crippen molar-refractivity contribution in [2.24, 2.45) is 0 Å². The van der Waals surface area contributed by atoms with Gasteiger partial charge in [-0.1, -0.05) is 0 Å². The topological polar surface area (TPSA) is 105 Å². The average molecular weight is 284 g/mol. The van der Waals surface area contributed by atoms with Crippen LogP contribution < -0.4 is 4.90 Å². The number of ether oxygens (including phenoxy) is 1. The van der Waals surface area contributed by atoms with Gasteiger partial charge in [0.15, 0.2) is 6.10 Å². The number of hydrogen-bond acceptors (Lipinski definition) is 7. The number of aromatic nitrogens is 2. The molecular formula is C10H10ClN5O3. The summed E-state index contributed by atoms with van der Waals surface area (Å²) in [7, 11) is 0. The lowest BCUT2D eigenvalue weighted by Crippen LogP contribution is -2.42. The molecule has 19 heavy (non-hydrogen) atoms. The molecule has 8 nitrogen and oxygen atoms in total. The molecule has 0 N–H and O–H groups in total. The first-order valence-electron chi connectivity index (χ1n) is 5.47. The predicted molar refractivity (Wildman–Crippen MR) is 66.0 cm³/mol. The van der Waals surface area contributed by atoms with Crippen molar-refractivity contribution < 1.29 is 9.66 Å². The fraction of sp³-hybridized carbons (Fsp3) is 0.500. The Labute approximate surface area is 113 Å². The normalized spacial score (nSPS) is 19.0. The molecule has 1 unspecified atom stereocenters. The van der Waals surface area contributed by atoms with Crippen LogP contribution in [0.2, 0.25) is 5.28 Å². The molecule has 1 aromatic rings. The van der Waals surface area contributed by atoms with Crippen LogP contribution >= 0.6 is 11.6 Å². The fourth-order valence-corrected chi connectivity index (χ4v) is 2.08. The molecule has 0 amide bonds. The third kappa shape index (κ3) is 2.72. The van der Waals surface area contributed by atoms with E-state index in [4.69, 9.17) is 21.6 Å². The smallest absolute Gasteiger partial charge is 0.332 e. The minimum atomic E-state index is -0.637. The first-order valence-corrected chi connectivity index (χ1v) is 5.85. The van der Waals surface area contributed by atoms with E-state index in [2.05, 4.69) is 9.97 Å². The summed E-state index contributed by atoms with van der Waals surface area (Å²) in [6.07, 6.45) is -0.637. The summed E-state index contributed by atoms with van der Waals surface area (Å²) in [6.45, 7) is 2.42. The minimum absolute atomic E-state index is 0.0573. The Balaban J connectivity index is 2.43. The van der Waals surface area contributed by atoms with Crippen LogP contribution in [0.15, 0.2) is 0 Å². The lowest BCUT2D eigenvalue weighted by Gasteiger charge is -2.30. The standard InChI is InChI=1S/C10H10ClN5O3/c1-6-8(16(17)18)9(14-10(11)13-6)15-2-3-19-7(4-12)5-15/h7H,2-3,5H2,1H3. The molecular weight excluding hydrogens is 274 g/mol. The summed E-state index contributed by atoms with van der Waals surface area (Å²) in [4.78, 5) is 19.9. The van der Waals surface area contributed by atoms with Crippen LogP contribution in [0.1, 0.15) is 5.69 Å². The second-order valence-electron chi connectivity index (χ2n) is 3.94. The molecule has 0 bridgehead atoms. The Hall–Kier alpha value is -1.98. The summed E-state index contributed by atoms with van der Waals surface area (Å²) in [5.74, 6) is 0.131. The van der Waals surface area contributed by atoms with Gasteiger partial charge in [0.05, 0.1) is 24.1 Å². The van der Waals surface area contributed by atoms with Crippen molar-refractivity contribution in [1.82, 2.24) is 9.97 Å². The number of anilines is 1. The fourth-order valence-electron chi connectivity index (χ4n) is 1.87. The molecule has 9 heteroatoms. The Morgan fingerprint density at radius 2 is 2.37 bits per heavy atom. The molecule has 2 heterocycles. The number of nitrogens with zero attached hydrogens (tertiary/aromatic N) is 5. The average Bonchev–Trinajstić information content (AvgIpc) is 2.37. The maximum absolute atomic E-state index is 11.1. The SMILES string of the molecule is Cc1nc(Cl)nc(N2CCOC(C#N)C2)c1[N+](=O)[O-]. The predicted octanol–water partition coefficient (Wildman–Crippen LogP) is 1.08. The quantitative estimate of drug-likeness (QED) is 0.454. The Bertz CT molecular complexity index is 559. The first kappa shape index (κ1) is 13.5. The van der Waals surface area contributed by atoms with Gasteiger partial charge < -0.3 is 9.64 Å². The summed E-state index contributed by atoms with van der Waals surface area (Å²) in [5, 5.41) is 19.9. The number of rotatable bonds is 2. The molecule has 1 aromatic heterocycles.